The number of benzene rings is 3. The summed E-state index contributed by atoms with van der Waals surface area (Å²) in [6.45, 7) is 0. The number of hydrogen-bond donors (Lipinski definition) is 1. The van der Waals surface area contributed by atoms with E-state index in [-0.39, 0.29) is 17.9 Å². The molecule has 172 valence electrons. The maximum absolute atomic E-state index is 13.5. The third-order valence-corrected chi connectivity index (χ3v) is 5.38. The van der Waals surface area contributed by atoms with Gasteiger partial charge in [-0.05, 0) is 35.4 Å². The number of nitrogens with zero attached hydrogens (tertiary/aromatic N) is 1. The fourth-order valence-corrected chi connectivity index (χ4v) is 3.65. The van der Waals surface area contributed by atoms with Crippen molar-refractivity contribution in [3.8, 4) is 11.4 Å². The van der Waals surface area contributed by atoms with Crippen LogP contribution >= 0.6 is 0 Å². The number of alkyl halides is 3. The summed E-state index contributed by atoms with van der Waals surface area (Å²) in [5.74, 6) is -1.40. The summed E-state index contributed by atoms with van der Waals surface area (Å²) < 4.78 is 52.5. The molecule has 34 heavy (non-hydrogen) atoms. The Bertz CT molecular complexity index is 1350. The van der Waals surface area contributed by atoms with Crippen LogP contribution in [0.5, 0.6) is 0 Å². The number of rotatable bonds is 6. The number of Topliss-reactive ketones (excluding diaryl/α,β-unsaturated/α-hetero) is 1. The zero-order chi connectivity index (χ0) is 24.3. The average molecular weight is 466 g/mol. The van der Waals surface area contributed by atoms with E-state index in [0.717, 1.165) is 18.2 Å². The predicted molar refractivity (Wildman–Crippen MR) is 119 cm³/mol. The van der Waals surface area contributed by atoms with Crippen LogP contribution in [-0.2, 0) is 6.18 Å². The van der Waals surface area contributed by atoms with Crippen molar-refractivity contribution < 1.29 is 22.4 Å². The number of halogens is 4. The molecule has 0 fully saturated rings. The van der Waals surface area contributed by atoms with Crippen molar-refractivity contribution in [1.82, 2.24) is 9.97 Å². The van der Waals surface area contributed by atoms with E-state index in [4.69, 9.17) is 0 Å². The van der Waals surface area contributed by atoms with Crippen LogP contribution in [0.1, 0.15) is 39.5 Å². The Kier molecular flexibility index (Phi) is 6.40. The van der Waals surface area contributed by atoms with E-state index in [9.17, 15) is 27.2 Å². The van der Waals surface area contributed by atoms with Crippen molar-refractivity contribution in [2.75, 3.05) is 0 Å². The molecule has 8 heteroatoms. The minimum Gasteiger partial charge on any atom is -0.306 e. The Hall–Kier alpha value is -4.07. The number of nitrogens with one attached hydrogen (secondary N) is 1. The maximum Gasteiger partial charge on any atom is 0.416 e. The van der Waals surface area contributed by atoms with Crippen molar-refractivity contribution >= 4 is 5.78 Å². The highest BCUT2D eigenvalue weighted by molar-refractivity contribution is 5.95. The largest absolute Gasteiger partial charge is 0.416 e. The molecule has 1 aromatic heterocycles. The first kappa shape index (κ1) is 23.1. The summed E-state index contributed by atoms with van der Waals surface area (Å²) in [4.78, 5) is 32.2. The van der Waals surface area contributed by atoms with Gasteiger partial charge in [0.2, 0.25) is 0 Å². The van der Waals surface area contributed by atoms with Crippen LogP contribution in [0.4, 0.5) is 17.6 Å². The van der Waals surface area contributed by atoms with E-state index >= 15 is 0 Å². The third-order valence-electron chi connectivity index (χ3n) is 5.38. The number of H-pyrrole nitrogens is 1. The zero-order valence-corrected chi connectivity index (χ0v) is 17.6. The summed E-state index contributed by atoms with van der Waals surface area (Å²) in [5, 5.41) is 0. The topological polar surface area (TPSA) is 62.8 Å². The predicted octanol–water partition coefficient (Wildman–Crippen LogP) is 6.00. The highest BCUT2D eigenvalue weighted by Gasteiger charge is 2.30. The van der Waals surface area contributed by atoms with E-state index < -0.39 is 34.8 Å². The van der Waals surface area contributed by atoms with Crippen molar-refractivity contribution in [1.29, 1.82) is 0 Å². The van der Waals surface area contributed by atoms with E-state index in [1.165, 1.54) is 36.4 Å². The van der Waals surface area contributed by atoms with Crippen molar-refractivity contribution in [3.63, 3.8) is 0 Å². The molecular weight excluding hydrogens is 448 g/mol. The molecule has 0 saturated heterocycles. The standard InChI is InChI=1S/C26H18F4N2O2/c27-20-12-8-17(9-13-20)21(16-6-10-19(11-7-16)26(28,29)30)14-23(33)22-15-24(34)32-25(31-22)18-4-2-1-3-5-18/h1-13,15,21H,14H2,(H,31,32,34). The van der Waals surface area contributed by atoms with Gasteiger partial charge in [-0.25, -0.2) is 9.37 Å². The Labute approximate surface area is 191 Å². The first-order valence-corrected chi connectivity index (χ1v) is 10.3. The molecule has 4 nitrogen and oxygen atoms in total. The number of aromatic amines is 1. The minimum absolute atomic E-state index is 0.0679. The molecule has 0 aliphatic rings. The summed E-state index contributed by atoms with van der Waals surface area (Å²) in [7, 11) is 0. The van der Waals surface area contributed by atoms with Gasteiger partial charge in [0.1, 0.15) is 17.3 Å². The molecule has 3 aromatic carbocycles. The first-order chi connectivity index (χ1) is 16.2. The van der Waals surface area contributed by atoms with Gasteiger partial charge in [0.15, 0.2) is 5.78 Å². The molecule has 0 amide bonds. The number of carbonyl (C=O) groups is 1. The third kappa shape index (κ3) is 5.28. The molecule has 0 radical (unpaired) electrons. The van der Waals surface area contributed by atoms with Crippen molar-refractivity contribution in [2.24, 2.45) is 0 Å². The molecule has 1 atom stereocenters. The molecule has 0 saturated carbocycles. The lowest BCUT2D eigenvalue weighted by Crippen LogP contribution is -2.16. The van der Waals surface area contributed by atoms with Crippen LogP contribution in [0.15, 0.2) is 89.7 Å². The first-order valence-electron chi connectivity index (χ1n) is 10.3. The molecule has 0 aliphatic heterocycles. The van der Waals surface area contributed by atoms with Gasteiger partial charge >= 0.3 is 6.18 Å². The van der Waals surface area contributed by atoms with Gasteiger partial charge in [-0.15, -0.1) is 0 Å². The quantitative estimate of drug-likeness (QED) is 0.280. The lowest BCUT2D eigenvalue weighted by Gasteiger charge is -2.18. The molecule has 0 aliphatic carbocycles. The summed E-state index contributed by atoms with van der Waals surface area (Å²) in [6.07, 6.45) is -4.68. The molecule has 4 aromatic rings. The van der Waals surface area contributed by atoms with Gasteiger partial charge in [-0.3, -0.25) is 9.59 Å². The molecule has 1 heterocycles. The molecule has 4 rings (SSSR count). The van der Waals surface area contributed by atoms with Gasteiger partial charge < -0.3 is 4.98 Å². The number of carbonyl (C=O) groups excluding carboxylic acids is 1. The lowest BCUT2D eigenvalue weighted by molar-refractivity contribution is -0.137. The van der Waals surface area contributed by atoms with Crippen LogP contribution in [0.25, 0.3) is 11.4 Å². The molecule has 1 N–H and O–H groups in total. The van der Waals surface area contributed by atoms with Gasteiger partial charge in [0.05, 0.1) is 5.56 Å². The van der Waals surface area contributed by atoms with Crippen molar-refractivity contribution in [2.45, 2.75) is 18.5 Å². The van der Waals surface area contributed by atoms with Gasteiger partial charge in [-0.1, -0.05) is 54.6 Å². The monoisotopic (exact) mass is 466 g/mol. The zero-order valence-electron chi connectivity index (χ0n) is 17.6. The van der Waals surface area contributed by atoms with Gasteiger partial charge in [0.25, 0.3) is 5.56 Å². The number of ketones is 1. The number of hydrogen-bond acceptors (Lipinski definition) is 3. The van der Waals surface area contributed by atoms with Gasteiger partial charge in [-0.2, -0.15) is 13.2 Å². The Morgan fingerprint density at radius 2 is 1.47 bits per heavy atom. The van der Waals surface area contributed by atoms with Crippen LogP contribution in [0.3, 0.4) is 0 Å². The lowest BCUT2D eigenvalue weighted by atomic mass is 9.86. The molecule has 0 bridgehead atoms. The molecular formula is C26H18F4N2O2. The second-order valence-corrected chi connectivity index (χ2v) is 7.70. The van der Waals surface area contributed by atoms with Crippen LogP contribution < -0.4 is 5.56 Å². The summed E-state index contributed by atoms with van der Waals surface area (Å²) in [6, 6.07) is 19.7. The second kappa shape index (κ2) is 9.43. The fraction of sp³-hybridized carbons (Fsp3) is 0.115. The Morgan fingerprint density at radius 3 is 2.06 bits per heavy atom. The van der Waals surface area contributed by atoms with E-state index in [1.807, 2.05) is 0 Å². The number of aromatic nitrogens is 2. The average Bonchev–Trinajstić information content (AvgIpc) is 2.83. The smallest absolute Gasteiger partial charge is 0.306 e. The van der Waals surface area contributed by atoms with Gasteiger partial charge in [0, 0.05) is 24.0 Å². The highest BCUT2D eigenvalue weighted by atomic mass is 19.4. The summed E-state index contributed by atoms with van der Waals surface area (Å²) in [5.41, 5.74) is 0.215. The summed E-state index contributed by atoms with van der Waals surface area (Å²) >= 11 is 0. The molecule has 1 unspecified atom stereocenters. The minimum atomic E-state index is -4.50. The van der Waals surface area contributed by atoms with E-state index in [2.05, 4.69) is 9.97 Å². The van der Waals surface area contributed by atoms with Crippen LogP contribution in [-0.4, -0.2) is 15.8 Å². The molecule has 0 spiro atoms. The second-order valence-electron chi connectivity index (χ2n) is 7.70. The fourth-order valence-electron chi connectivity index (χ4n) is 3.65. The SMILES string of the molecule is O=C(CC(c1ccc(F)cc1)c1ccc(C(F)(F)F)cc1)c1cc(=O)[nH]c(-c2ccccc2)n1. The van der Waals surface area contributed by atoms with Crippen molar-refractivity contribution in [3.05, 3.63) is 123 Å². The Morgan fingerprint density at radius 1 is 0.882 bits per heavy atom. The normalized spacial score (nSPS) is 12.4. The van der Waals surface area contributed by atoms with E-state index in [0.29, 0.717) is 16.7 Å². The van der Waals surface area contributed by atoms with Crippen LogP contribution in [0.2, 0.25) is 0 Å². The van der Waals surface area contributed by atoms with Crippen LogP contribution in [0, 0.1) is 5.82 Å². The Balaban J connectivity index is 1.69. The maximum atomic E-state index is 13.5. The van der Waals surface area contributed by atoms with E-state index in [1.54, 1.807) is 30.3 Å². The highest BCUT2D eigenvalue weighted by Crippen LogP contribution is 2.33.